The number of allylic oxidation sites excluding steroid dienone is 1. The fourth-order valence-electron chi connectivity index (χ4n) is 5.88. The van der Waals surface area contributed by atoms with Gasteiger partial charge in [0.1, 0.15) is 11.5 Å². The summed E-state index contributed by atoms with van der Waals surface area (Å²) in [6.07, 6.45) is 7.18. The smallest absolute Gasteiger partial charge is 0.243 e. The van der Waals surface area contributed by atoms with Crippen LogP contribution in [-0.4, -0.2) is 46.4 Å². The van der Waals surface area contributed by atoms with E-state index in [0.29, 0.717) is 31.4 Å². The van der Waals surface area contributed by atoms with Gasteiger partial charge in [0.15, 0.2) is 5.78 Å². The Kier molecular flexibility index (Phi) is 6.28. The Morgan fingerprint density at radius 1 is 1.05 bits per heavy atom. The summed E-state index contributed by atoms with van der Waals surface area (Å²) < 4.78 is 43.7. The monoisotopic (exact) mass is 542 g/mol. The van der Waals surface area contributed by atoms with Crippen molar-refractivity contribution < 1.29 is 17.6 Å². The van der Waals surface area contributed by atoms with Crippen LogP contribution in [0.5, 0.6) is 0 Å². The van der Waals surface area contributed by atoms with E-state index in [-0.39, 0.29) is 22.5 Å². The molecule has 1 saturated carbocycles. The van der Waals surface area contributed by atoms with E-state index in [9.17, 15) is 17.6 Å². The summed E-state index contributed by atoms with van der Waals surface area (Å²) >= 11 is 0. The second-order valence-corrected chi connectivity index (χ2v) is 12.1. The normalized spacial score (nSPS) is 20.7. The van der Waals surface area contributed by atoms with Gasteiger partial charge in [-0.05, 0) is 85.9 Å². The predicted molar refractivity (Wildman–Crippen MR) is 145 cm³/mol. The number of nitrogens with zero attached hydrogens (tertiary/aromatic N) is 4. The van der Waals surface area contributed by atoms with Crippen molar-refractivity contribution in [3.8, 4) is 5.69 Å². The average Bonchev–Trinajstić information content (AvgIpc) is 3.38. The fourth-order valence-corrected chi connectivity index (χ4v) is 7.29. The second kappa shape index (κ2) is 9.66. The van der Waals surface area contributed by atoms with Crippen molar-refractivity contribution in [2.24, 2.45) is 5.41 Å². The van der Waals surface area contributed by atoms with Crippen LogP contribution in [0.25, 0.3) is 11.8 Å². The van der Waals surface area contributed by atoms with Gasteiger partial charge in [0.05, 0.1) is 27.9 Å². The first-order chi connectivity index (χ1) is 18.8. The van der Waals surface area contributed by atoms with E-state index in [4.69, 9.17) is 0 Å². The third kappa shape index (κ3) is 4.31. The number of sulfonamides is 1. The molecule has 9 heteroatoms. The molecule has 2 aromatic carbocycles. The van der Waals surface area contributed by atoms with Gasteiger partial charge in [0.2, 0.25) is 10.0 Å². The van der Waals surface area contributed by atoms with Crippen LogP contribution in [0.15, 0.2) is 95.7 Å². The number of hydrogen-bond acceptors (Lipinski definition) is 5. The van der Waals surface area contributed by atoms with Crippen LogP contribution in [0.3, 0.4) is 0 Å². The minimum atomic E-state index is -3.75. The van der Waals surface area contributed by atoms with E-state index in [0.717, 1.165) is 22.5 Å². The molecule has 2 atom stereocenters. The van der Waals surface area contributed by atoms with E-state index in [2.05, 4.69) is 10.1 Å². The molecule has 2 heterocycles. The Morgan fingerprint density at radius 2 is 1.79 bits per heavy atom. The Morgan fingerprint density at radius 3 is 2.51 bits per heavy atom. The Bertz CT molecular complexity index is 1670. The molecule has 6 rings (SSSR count). The van der Waals surface area contributed by atoms with Gasteiger partial charge < -0.3 is 0 Å². The topological polar surface area (TPSA) is 85.2 Å². The van der Waals surface area contributed by atoms with Crippen molar-refractivity contribution in [2.75, 3.05) is 7.05 Å². The zero-order valence-electron chi connectivity index (χ0n) is 21.4. The van der Waals surface area contributed by atoms with Crippen LogP contribution in [-0.2, 0) is 16.4 Å². The highest BCUT2D eigenvalue weighted by atomic mass is 32.2. The first-order valence-electron chi connectivity index (χ1n) is 12.8. The number of halogens is 1. The highest BCUT2D eigenvalue weighted by Gasteiger charge is 2.51. The molecule has 39 heavy (non-hydrogen) atoms. The van der Waals surface area contributed by atoms with E-state index in [1.165, 1.54) is 16.4 Å². The molecule has 0 amide bonds. The third-order valence-corrected chi connectivity index (χ3v) is 9.90. The van der Waals surface area contributed by atoms with Gasteiger partial charge in [0.25, 0.3) is 0 Å². The Balaban J connectivity index is 1.42. The number of aromatic nitrogens is 3. The lowest BCUT2D eigenvalue weighted by Crippen LogP contribution is -2.49. The number of fused-ring (bicyclic) bond motifs is 2. The molecular formula is C30H27FN4O3S. The largest absolute Gasteiger partial charge is 0.291 e. The summed E-state index contributed by atoms with van der Waals surface area (Å²) in [7, 11) is -2.15. The first-order valence-corrected chi connectivity index (χ1v) is 14.3. The molecule has 198 valence electrons. The highest BCUT2D eigenvalue weighted by Crippen LogP contribution is 2.51. The molecule has 7 nitrogen and oxygen atoms in total. The second-order valence-electron chi connectivity index (χ2n) is 10.1. The molecule has 0 N–H and O–H groups in total. The standard InChI is InChI=1S/C30H27FN4O3S/c1-34(39(37,38)26-7-3-2-4-8-26)25-13-10-22-17-28-21(20-33-35(28)24-14-11-23(31)12-15-24)18-30(22,19-25)29(36)27-9-5-6-16-32-27/h2-9,11-12,14-17,20,25H,10,13,18-19H2,1H3/t25-,30-/m0/s1. The quantitative estimate of drug-likeness (QED) is 0.317. The number of rotatable bonds is 6. The third-order valence-electron chi connectivity index (χ3n) is 7.97. The highest BCUT2D eigenvalue weighted by molar-refractivity contribution is 7.89. The van der Waals surface area contributed by atoms with Crippen LogP contribution in [0.1, 0.15) is 41.0 Å². The van der Waals surface area contributed by atoms with Gasteiger partial charge in [-0.2, -0.15) is 9.40 Å². The van der Waals surface area contributed by atoms with Crippen LogP contribution < -0.4 is 0 Å². The van der Waals surface area contributed by atoms with Gasteiger partial charge in [-0.15, -0.1) is 0 Å². The van der Waals surface area contributed by atoms with Gasteiger partial charge in [-0.1, -0.05) is 29.8 Å². The predicted octanol–water partition coefficient (Wildman–Crippen LogP) is 5.09. The number of carbonyl (C=O) groups excluding carboxylic acids is 1. The van der Waals surface area contributed by atoms with E-state index < -0.39 is 15.4 Å². The summed E-state index contributed by atoms with van der Waals surface area (Å²) in [5.41, 5.74) is 2.79. The van der Waals surface area contributed by atoms with Gasteiger partial charge in [-0.25, -0.2) is 17.5 Å². The van der Waals surface area contributed by atoms with Crippen LogP contribution >= 0.6 is 0 Å². The maximum absolute atomic E-state index is 14.2. The fraction of sp³-hybridized carbons (Fsp3) is 0.233. The first kappa shape index (κ1) is 25.3. The minimum Gasteiger partial charge on any atom is -0.291 e. The number of carbonyl (C=O) groups is 1. The molecule has 0 radical (unpaired) electrons. The van der Waals surface area contributed by atoms with Crippen molar-refractivity contribution in [3.05, 3.63) is 114 Å². The van der Waals surface area contributed by atoms with E-state index in [1.807, 2.05) is 6.08 Å². The lowest BCUT2D eigenvalue weighted by molar-refractivity contribution is 0.0747. The number of Topliss-reactive ketones (excluding diaryl/α,β-unsaturated/α-hetero) is 1. The molecule has 0 bridgehead atoms. The molecule has 0 saturated heterocycles. The maximum Gasteiger partial charge on any atom is 0.243 e. The van der Waals surface area contributed by atoms with Crippen LogP contribution in [0.2, 0.25) is 0 Å². The summed E-state index contributed by atoms with van der Waals surface area (Å²) in [5, 5.41) is 4.57. The molecule has 2 aliphatic rings. The lowest BCUT2D eigenvalue weighted by Gasteiger charge is -2.45. The summed E-state index contributed by atoms with van der Waals surface area (Å²) in [6.45, 7) is 0. The minimum absolute atomic E-state index is 0.121. The number of hydrogen-bond donors (Lipinski definition) is 0. The molecule has 0 unspecified atom stereocenters. The summed E-state index contributed by atoms with van der Waals surface area (Å²) in [4.78, 5) is 18.8. The molecular weight excluding hydrogens is 515 g/mol. The number of ketones is 1. The van der Waals surface area contributed by atoms with Crippen molar-refractivity contribution in [1.29, 1.82) is 0 Å². The molecule has 1 fully saturated rings. The Hall–Kier alpha value is -3.95. The summed E-state index contributed by atoms with van der Waals surface area (Å²) in [6, 6.07) is 19.4. The van der Waals surface area contributed by atoms with Gasteiger partial charge >= 0.3 is 0 Å². The van der Waals surface area contributed by atoms with E-state index >= 15 is 0 Å². The lowest BCUT2D eigenvalue weighted by atomic mass is 9.60. The van der Waals surface area contributed by atoms with Crippen LogP contribution in [0.4, 0.5) is 4.39 Å². The van der Waals surface area contributed by atoms with E-state index in [1.54, 1.807) is 84.8 Å². The number of benzene rings is 2. The Labute approximate surface area is 226 Å². The average molecular weight is 543 g/mol. The number of pyridine rings is 1. The summed E-state index contributed by atoms with van der Waals surface area (Å²) in [5.74, 6) is -0.448. The molecule has 2 aliphatic carbocycles. The van der Waals surface area contributed by atoms with Crippen LogP contribution in [0, 0.1) is 11.2 Å². The van der Waals surface area contributed by atoms with Gasteiger partial charge in [-0.3, -0.25) is 9.78 Å². The maximum atomic E-state index is 14.2. The zero-order valence-corrected chi connectivity index (χ0v) is 22.2. The SMILES string of the molecule is CN([C@H]1CCC2=Cc3c(cnn3-c3ccc(F)cc3)C[C@]2(C(=O)c2ccccn2)C1)S(=O)(=O)c1ccccc1. The molecule has 2 aromatic heterocycles. The van der Waals surface area contributed by atoms with Crippen molar-refractivity contribution in [1.82, 2.24) is 19.1 Å². The molecule has 0 spiro atoms. The van der Waals surface area contributed by atoms with Crippen molar-refractivity contribution in [3.63, 3.8) is 0 Å². The molecule has 4 aromatic rings. The van der Waals surface area contributed by atoms with Crippen molar-refractivity contribution in [2.45, 2.75) is 36.6 Å². The van der Waals surface area contributed by atoms with Gasteiger partial charge in [0, 0.05) is 19.3 Å². The zero-order chi connectivity index (χ0) is 27.2. The molecule has 0 aliphatic heterocycles. The van der Waals surface area contributed by atoms with Crippen molar-refractivity contribution >= 4 is 21.9 Å².